The Morgan fingerprint density at radius 3 is 2.50 bits per heavy atom. The van der Waals surface area contributed by atoms with Crippen LogP contribution >= 0.6 is 0 Å². The summed E-state index contributed by atoms with van der Waals surface area (Å²) in [5.41, 5.74) is -0.0966. The van der Waals surface area contributed by atoms with Crippen LogP contribution in [0.4, 0.5) is 0 Å². The lowest BCUT2D eigenvalue weighted by molar-refractivity contribution is -0.141. The first-order chi connectivity index (χ1) is 15.3. The Labute approximate surface area is 185 Å². The van der Waals surface area contributed by atoms with Crippen molar-refractivity contribution in [2.75, 3.05) is 13.1 Å². The first kappa shape index (κ1) is 20.5. The van der Waals surface area contributed by atoms with E-state index in [9.17, 15) is 20.0 Å². The highest BCUT2D eigenvalue weighted by atomic mass is 16.3. The van der Waals surface area contributed by atoms with E-state index >= 15 is 0 Å². The van der Waals surface area contributed by atoms with E-state index in [-0.39, 0.29) is 23.4 Å². The van der Waals surface area contributed by atoms with E-state index in [1.807, 2.05) is 42.2 Å². The quantitative estimate of drug-likeness (QED) is 0.682. The Balaban J connectivity index is 1.41. The molecular weight excluding hydrogens is 406 g/mol. The minimum Gasteiger partial charge on any atom is -0.388 e. The van der Waals surface area contributed by atoms with E-state index in [1.54, 1.807) is 10.6 Å². The lowest BCUT2D eigenvalue weighted by Gasteiger charge is -2.39. The SMILES string of the molecule is CC1(C(=O)N2CCC(O)(Cn3cnc4c(cc(C#N)n4-c4ccccc4)c3=O)CC2)CC1. The highest BCUT2D eigenvalue weighted by Gasteiger charge is 2.48. The van der Waals surface area contributed by atoms with Crippen LogP contribution in [0.2, 0.25) is 0 Å². The normalized spacial score (nSPS) is 19.0. The van der Waals surface area contributed by atoms with Gasteiger partial charge in [-0.1, -0.05) is 25.1 Å². The van der Waals surface area contributed by atoms with E-state index in [2.05, 4.69) is 11.1 Å². The second kappa shape index (κ2) is 7.31. The molecule has 5 rings (SSSR count). The summed E-state index contributed by atoms with van der Waals surface area (Å²) < 4.78 is 3.08. The second-order valence-electron chi connectivity index (χ2n) is 9.30. The van der Waals surface area contributed by atoms with E-state index in [0.717, 1.165) is 18.5 Å². The van der Waals surface area contributed by atoms with Gasteiger partial charge in [-0.05, 0) is 43.9 Å². The molecule has 1 saturated heterocycles. The van der Waals surface area contributed by atoms with Gasteiger partial charge in [0.2, 0.25) is 5.91 Å². The third kappa shape index (κ3) is 3.39. The number of benzene rings is 1. The van der Waals surface area contributed by atoms with Crippen LogP contribution in [0.3, 0.4) is 0 Å². The fraction of sp³-hybridized carbons (Fsp3) is 0.417. The number of nitriles is 1. The summed E-state index contributed by atoms with van der Waals surface area (Å²) in [7, 11) is 0. The van der Waals surface area contributed by atoms with Crippen molar-refractivity contribution < 1.29 is 9.90 Å². The molecule has 1 aliphatic carbocycles. The molecule has 0 unspecified atom stereocenters. The van der Waals surface area contributed by atoms with Crippen molar-refractivity contribution in [1.82, 2.24) is 19.0 Å². The van der Waals surface area contributed by atoms with Gasteiger partial charge in [0, 0.05) is 24.2 Å². The van der Waals surface area contributed by atoms with Crippen LogP contribution in [-0.2, 0) is 11.3 Å². The highest BCUT2D eigenvalue weighted by Crippen LogP contribution is 2.47. The number of hydrogen-bond acceptors (Lipinski definition) is 5. The molecular formula is C24H25N5O3. The average molecular weight is 431 g/mol. The van der Waals surface area contributed by atoms with Gasteiger partial charge < -0.3 is 10.0 Å². The maximum absolute atomic E-state index is 13.2. The molecule has 2 fully saturated rings. The molecule has 32 heavy (non-hydrogen) atoms. The molecule has 0 spiro atoms. The van der Waals surface area contributed by atoms with Crippen molar-refractivity contribution in [1.29, 1.82) is 5.26 Å². The topological polar surface area (TPSA) is 104 Å². The maximum atomic E-state index is 13.2. The molecule has 1 amide bonds. The molecule has 1 aromatic carbocycles. The van der Waals surface area contributed by atoms with Gasteiger partial charge in [0.1, 0.15) is 18.1 Å². The van der Waals surface area contributed by atoms with Gasteiger partial charge in [0.25, 0.3) is 5.56 Å². The number of aliphatic hydroxyl groups is 1. The molecule has 1 N–H and O–H groups in total. The fourth-order valence-electron chi connectivity index (χ4n) is 4.53. The van der Waals surface area contributed by atoms with Crippen molar-refractivity contribution in [3.63, 3.8) is 0 Å². The van der Waals surface area contributed by atoms with Gasteiger partial charge in [0.15, 0.2) is 5.65 Å². The zero-order chi connectivity index (χ0) is 22.5. The van der Waals surface area contributed by atoms with Crippen molar-refractivity contribution in [3.05, 3.63) is 58.8 Å². The van der Waals surface area contributed by atoms with Crippen LogP contribution in [0.5, 0.6) is 0 Å². The Kier molecular flexibility index (Phi) is 4.68. The molecule has 3 heterocycles. The van der Waals surface area contributed by atoms with Crippen molar-refractivity contribution in [2.45, 2.75) is 44.8 Å². The standard InChI is InChI=1S/C24H25N5O3/c1-23(7-8-23)22(31)27-11-9-24(32,10-12-27)15-28-16-26-20-19(21(28)30)13-18(14-25)29(20)17-5-3-2-4-6-17/h2-6,13,16,32H,7-12,15H2,1H3. The number of likely N-dealkylation sites (tertiary alicyclic amines) is 1. The van der Waals surface area contributed by atoms with Gasteiger partial charge >= 0.3 is 0 Å². The summed E-state index contributed by atoms with van der Waals surface area (Å²) in [6.07, 6.45) is 4.12. The fourth-order valence-corrected chi connectivity index (χ4v) is 4.53. The second-order valence-corrected chi connectivity index (χ2v) is 9.30. The maximum Gasteiger partial charge on any atom is 0.262 e. The summed E-state index contributed by atoms with van der Waals surface area (Å²) in [6, 6.07) is 13.0. The van der Waals surface area contributed by atoms with E-state index in [1.165, 1.54) is 10.9 Å². The molecule has 2 aliphatic rings. The lowest BCUT2D eigenvalue weighted by atomic mass is 9.90. The van der Waals surface area contributed by atoms with E-state index in [0.29, 0.717) is 42.7 Å². The van der Waals surface area contributed by atoms with Crippen LogP contribution in [0, 0.1) is 16.7 Å². The monoisotopic (exact) mass is 431 g/mol. The summed E-state index contributed by atoms with van der Waals surface area (Å²) >= 11 is 0. The van der Waals surface area contributed by atoms with Gasteiger partial charge in [-0.2, -0.15) is 5.26 Å². The molecule has 164 valence electrons. The number of nitrogens with zero attached hydrogens (tertiary/aromatic N) is 5. The molecule has 2 aromatic heterocycles. The van der Waals surface area contributed by atoms with E-state index in [4.69, 9.17) is 0 Å². The van der Waals surface area contributed by atoms with Crippen LogP contribution in [0.1, 0.15) is 38.3 Å². The highest BCUT2D eigenvalue weighted by molar-refractivity contribution is 5.85. The minimum absolute atomic E-state index is 0.104. The molecule has 8 heteroatoms. The van der Waals surface area contributed by atoms with Gasteiger partial charge in [-0.25, -0.2) is 4.98 Å². The van der Waals surface area contributed by atoms with Crippen molar-refractivity contribution in [3.8, 4) is 11.8 Å². The van der Waals surface area contributed by atoms with Gasteiger partial charge in [0.05, 0.1) is 17.5 Å². The van der Waals surface area contributed by atoms with Crippen molar-refractivity contribution in [2.24, 2.45) is 5.41 Å². The first-order valence-electron chi connectivity index (χ1n) is 10.9. The number of fused-ring (bicyclic) bond motifs is 1. The molecule has 1 saturated carbocycles. The summed E-state index contributed by atoms with van der Waals surface area (Å²) in [4.78, 5) is 32.1. The summed E-state index contributed by atoms with van der Waals surface area (Å²) in [5, 5.41) is 21.1. The van der Waals surface area contributed by atoms with Crippen LogP contribution < -0.4 is 5.56 Å². The Morgan fingerprint density at radius 1 is 1.19 bits per heavy atom. The predicted molar refractivity (Wildman–Crippen MR) is 118 cm³/mol. The zero-order valence-corrected chi connectivity index (χ0v) is 18.0. The molecule has 0 bridgehead atoms. The van der Waals surface area contributed by atoms with Crippen LogP contribution in [0.25, 0.3) is 16.7 Å². The number of carbonyl (C=O) groups excluding carboxylic acids is 1. The third-order valence-corrected chi connectivity index (χ3v) is 6.88. The summed E-state index contributed by atoms with van der Waals surface area (Å²) in [5.74, 6) is 0.172. The average Bonchev–Trinajstić information content (AvgIpc) is 3.44. The first-order valence-corrected chi connectivity index (χ1v) is 10.9. The molecule has 1 aliphatic heterocycles. The lowest BCUT2D eigenvalue weighted by Crippen LogP contribution is -2.51. The number of para-hydroxylation sites is 1. The Morgan fingerprint density at radius 2 is 1.88 bits per heavy atom. The van der Waals surface area contributed by atoms with Gasteiger partial charge in [-0.3, -0.25) is 18.7 Å². The number of rotatable bonds is 4. The molecule has 3 aromatic rings. The predicted octanol–water partition coefficient (Wildman–Crippen LogP) is 2.21. The van der Waals surface area contributed by atoms with Crippen molar-refractivity contribution >= 4 is 16.9 Å². The molecule has 0 atom stereocenters. The Bertz CT molecular complexity index is 1290. The minimum atomic E-state index is -1.08. The largest absolute Gasteiger partial charge is 0.388 e. The summed E-state index contributed by atoms with van der Waals surface area (Å²) in [6.45, 7) is 3.07. The van der Waals surface area contributed by atoms with Gasteiger partial charge in [-0.15, -0.1) is 0 Å². The number of carbonyl (C=O) groups is 1. The zero-order valence-electron chi connectivity index (χ0n) is 18.0. The molecule has 0 radical (unpaired) electrons. The number of piperidine rings is 1. The van der Waals surface area contributed by atoms with Crippen LogP contribution in [0.15, 0.2) is 47.5 Å². The Hall–Kier alpha value is -3.44. The number of aromatic nitrogens is 3. The molecule has 8 nitrogen and oxygen atoms in total. The third-order valence-electron chi connectivity index (χ3n) is 6.88. The number of hydrogen-bond donors (Lipinski definition) is 1. The van der Waals surface area contributed by atoms with Crippen LogP contribution in [-0.4, -0.2) is 48.7 Å². The van der Waals surface area contributed by atoms with E-state index < -0.39 is 5.60 Å². The number of amides is 1. The smallest absolute Gasteiger partial charge is 0.262 e.